The van der Waals surface area contributed by atoms with E-state index < -0.39 is 0 Å². The second-order valence-corrected chi connectivity index (χ2v) is 5.35. The molecule has 0 aliphatic heterocycles. The maximum absolute atomic E-state index is 13.3. The highest BCUT2D eigenvalue weighted by atomic mass is 19.1. The van der Waals surface area contributed by atoms with Gasteiger partial charge in [-0.1, -0.05) is 42.0 Å². The summed E-state index contributed by atoms with van der Waals surface area (Å²) in [5.41, 5.74) is 1.25. The lowest BCUT2D eigenvalue weighted by Crippen LogP contribution is -1.82. The van der Waals surface area contributed by atoms with Gasteiger partial charge in [-0.05, 0) is 63.5 Å². The van der Waals surface area contributed by atoms with Crippen LogP contribution >= 0.6 is 0 Å². The third kappa shape index (κ3) is 1.67. The van der Waals surface area contributed by atoms with Gasteiger partial charge in [-0.3, -0.25) is 0 Å². The molecule has 4 rings (SSSR count). The number of rotatable bonds is 0. The highest BCUT2D eigenvalue weighted by Gasteiger charge is 2.04. The Kier molecular flexibility index (Phi) is 2.31. The third-order valence-corrected chi connectivity index (χ3v) is 3.91. The summed E-state index contributed by atoms with van der Waals surface area (Å²) in [6.45, 7) is 2.10. The lowest BCUT2D eigenvalue weighted by Gasteiger charge is -2.07. The third-order valence-electron chi connectivity index (χ3n) is 3.91. The van der Waals surface area contributed by atoms with Gasteiger partial charge in [0.05, 0.1) is 0 Å². The zero-order valence-corrected chi connectivity index (χ0v) is 11.2. The largest absolute Gasteiger partial charge is 0.207 e. The van der Waals surface area contributed by atoms with Crippen molar-refractivity contribution in [1.29, 1.82) is 0 Å². The maximum Gasteiger partial charge on any atom is 0.123 e. The molecule has 0 saturated carbocycles. The molecule has 0 aliphatic carbocycles. The first-order chi connectivity index (χ1) is 9.70. The van der Waals surface area contributed by atoms with Crippen LogP contribution in [0.25, 0.3) is 32.3 Å². The van der Waals surface area contributed by atoms with E-state index in [1.165, 1.54) is 33.2 Å². The SMILES string of the molecule is Cc1ccc2cc3ccc4cc(F)ccc4c3cc2c1. The van der Waals surface area contributed by atoms with E-state index in [4.69, 9.17) is 0 Å². The summed E-state index contributed by atoms with van der Waals surface area (Å²) < 4.78 is 13.3. The van der Waals surface area contributed by atoms with Crippen LogP contribution < -0.4 is 0 Å². The molecule has 1 heteroatoms. The minimum Gasteiger partial charge on any atom is -0.207 e. The van der Waals surface area contributed by atoms with Crippen LogP contribution in [0.4, 0.5) is 4.39 Å². The number of hydrogen-bond donors (Lipinski definition) is 0. The minimum absolute atomic E-state index is 0.187. The van der Waals surface area contributed by atoms with Crippen molar-refractivity contribution in [3.8, 4) is 0 Å². The van der Waals surface area contributed by atoms with E-state index in [1.807, 2.05) is 12.1 Å². The Morgan fingerprint density at radius 2 is 1.35 bits per heavy atom. The first kappa shape index (κ1) is 11.4. The van der Waals surface area contributed by atoms with Crippen LogP contribution in [0.5, 0.6) is 0 Å². The minimum atomic E-state index is -0.187. The molecule has 4 aromatic carbocycles. The molecule has 0 unspecified atom stereocenters. The van der Waals surface area contributed by atoms with Gasteiger partial charge in [0.2, 0.25) is 0 Å². The summed E-state index contributed by atoms with van der Waals surface area (Å²) >= 11 is 0. The number of benzene rings is 4. The van der Waals surface area contributed by atoms with Crippen molar-refractivity contribution >= 4 is 32.3 Å². The quantitative estimate of drug-likeness (QED) is 0.285. The normalized spacial score (nSPS) is 11.5. The summed E-state index contributed by atoms with van der Waals surface area (Å²) in [5.74, 6) is -0.187. The van der Waals surface area contributed by atoms with Crippen LogP contribution in [0.2, 0.25) is 0 Å². The van der Waals surface area contributed by atoms with E-state index in [1.54, 1.807) is 6.07 Å². The Morgan fingerprint density at radius 1 is 0.600 bits per heavy atom. The number of fused-ring (bicyclic) bond motifs is 4. The molecule has 0 nitrogen and oxygen atoms in total. The zero-order valence-electron chi connectivity index (χ0n) is 11.2. The predicted molar refractivity (Wildman–Crippen MR) is 83.7 cm³/mol. The molecule has 20 heavy (non-hydrogen) atoms. The molecule has 0 spiro atoms. The molecule has 0 saturated heterocycles. The molecule has 0 radical (unpaired) electrons. The van der Waals surface area contributed by atoms with E-state index >= 15 is 0 Å². The summed E-state index contributed by atoms with van der Waals surface area (Å²) in [5, 5.41) is 6.90. The van der Waals surface area contributed by atoms with Crippen LogP contribution in [0.3, 0.4) is 0 Å². The molecular formula is C19H13F. The van der Waals surface area contributed by atoms with E-state index in [9.17, 15) is 4.39 Å². The van der Waals surface area contributed by atoms with Gasteiger partial charge in [-0.2, -0.15) is 0 Å². The summed E-state index contributed by atoms with van der Waals surface area (Å²) in [7, 11) is 0. The highest BCUT2D eigenvalue weighted by molar-refractivity contribution is 6.12. The Morgan fingerprint density at radius 3 is 2.20 bits per heavy atom. The van der Waals surface area contributed by atoms with E-state index in [2.05, 4.69) is 43.3 Å². The highest BCUT2D eigenvalue weighted by Crippen LogP contribution is 2.30. The number of halogens is 1. The van der Waals surface area contributed by atoms with E-state index in [0.717, 1.165) is 10.8 Å². The second kappa shape index (κ2) is 4.04. The molecule has 0 aromatic heterocycles. The maximum atomic E-state index is 13.3. The van der Waals surface area contributed by atoms with Crippen molar-refractivity contribution < 1.29 is 4.39 Å². The van der Waals surface area contributed by atoms with Crippen LogP contribution in [0.1, 0.15) is 5.56 Å². The van der Waals surface area contributed by atoms with E-state index in [0.29, 0.717) is 0 Å². The molecule has 4 aromatic rings. The second-order valence-electron chi connectivity index (χ2n) is 5.35. The van der Waals surface area contributed by atoms with Crippen LogP contribution in [-0.4, -0.2) is 0 Å². The first-order valence-corrected chi connectivity index (χ1v) is 6.73. The lowest BCUT2D eigenvalue weighted by atomic mass is 9.97. The molecule has 0 fully saturated rings. The van der Waals surface area contributed by atoms with Crippen molar-refractivity contribution in [2.75, 3.05) is 0 Å². The van der Waals surface area contributed by atoms with Gasteiger partial charge in [-0.25, -0.2) is 4.39 Å². The molecule has 96 valence electrons. The van der Waals surface area contributed by atoms with Gasteiger partial charge in [0.25, 0.3) is 0 Å². The summed E-state index contributed by atoms with van der Waals surface area (Å²) in [4.78, 5) is 0. The standard InChI is InChI=1S/C19H13F/c1-12-2-3-13-9-14-4-5-15-10-17(20)6-7-18(15)19(14)11-16(13)8-12/h2-11H,1H3. The molecule has 0 aliphatic rings. The van der Waals surface area contributed by atoms with Gasteiger partial charge in [0.1, 0.15) is 5.82 Å². The van der Waals surface area contributed by atoms with E-state index in [-0.39, 0.29) is 5.82 Å². The predicted octanol–water partition coefficient (Wildman–Crippen LogP) is 5.59. The van der Waals surface area contributed by atoms with Gasteiger partial charge >= 0.3 is 0 Å². The van der Waals surface area contributed by atoms with Crippen LogP contribution in [0, 0.1) is 12.7 Å². The van der Waals surface area contributed by atoms with Gasteiger partial charge < -0.3 is 0 Å². The van der Waals surface area contributed by atoms with Gasteiger partial charge in [0.15, 0.2) is 0 Å². The molecular weight excluding hydrogens is 247 g/mol. The lowest BCUT2D eigenvalue weighted by molar-refractivity contribution is 0.630. The smallest absolute Gasteiger partial charge is 0.123 e. The first-order valence-electron chi connectivity index (χ1n) is 6.73. The molecule has 0 bridgehead atoms. The number of hydrogen-bond acceptors (Lipinski definition) is 0. The summed E-state index contributed by atoms with van der Waals surface area (Å²) in [6, 6.07) is 19.9. The van der Waals surface area contributed by atoms with Crippen molar-refractivity contribution in [3.05, 3.63) is 72.0 Å². The van der Waals surface area contributed by atoms with Crippen LogP contribution in [0.15, 0.2) is 60.7 Å². The molecule has 0 heterocycles. The Labute approximate surface area is 116 Å². The molecule has 0 amide bonds. The monoisotopic (exact) mass is 260 g/mol. The average molecular weight is 260 g/mol. The molecule has 0 atom stereocenters. The fourth-order valence-corrected chi connectivity index (χ4v) is 2.90. The van der Waals surface area contributed by atoms with Crippen molar-refractivity contribution in [1.82, 2.24) is 0 Å². The fourth-order valence-electron chi connectivity index (χ4n) is 2.90. The Bertz CT molecular complexity index is 967. The summed E-state index contributed by atoms with van der Waals surface area (Å²) in [6.07, 6.45) is 0. The van der Waals surface area contributed by atoms with Crippen molar-refractivity contribution in [2.24, 2.45) is 0 Å². The average Bonchev–Trinajstić information content (AvgIpc) is 2.44. The number of aryl methyl sites for hydroxylation is 1. The van der Waals surface area contributed by atoms with Crippen LogP contribution in [-0.2, 0) is 0 Å². The van der Waals surface area contributed by atoms with Crippen molar-refractivity contribution in [3.63, 3.8) is 0 Å². The van der Waals surface area contributed by atoms with Gasteiger partial charge in [0, 0.05) is 0 Å². The fraction of sp³-hybridized carbons (Fsp3) is 0.0526. The Balaban J connectivity index is 2.19. The van der Waals surface area contributed by atoms with Gasteiger partial charge in [-0.15, -0.1) is 0 Å². The Hall–Kier alpha value is -2.41. The molecule has 0 N–H and O–H groups in total. The van der Waals surface area contributed by atoms with Crippen molar-refractivity contribution in [2.45, 2.75) is 6.92 Å². The topological polar surface area (TPSA) is 0 Å². The zero-order chi connectivity index (χ0) is 13.7.